The number of allylic oxidation sites excluding steroid dienone is 8. The van der Waals surface area contributed by atoms with Crippen molar-refractivity contribution in [3.05, 3.63) is 46.8 Å². The van der Waals surface area contributed by atoms with Crippen molar-refractivity contribution >= 4 is 16.5 Å². The molecule has 0 unspecified atom stereocenters. The van der Waals surface area contributed by atoms with Crippen LogP contribution in [0.25, 0.3) is 0 Å². The van der Waals surface area contributed by atoms with Crippen LogP contribution >= 0.6 is 0 Å². The van der Waals surface area contributed by atoms with Gasteiger partial charge in [0.25, 0.3) is 0 Å². The van der Waals surface area contributed by atoms with Crippen molar-refractivity contribution in [1.29, 1.82) is 0 Å². The fourth-order valence-electron chi connectivity index (χ4n) is 4.54. The largest absolute Gasteiger partial charge is 2.00 e. The fraction of sp³-hybridized carbons (Fsp3) is 0.636. The van der Waals surface area contributed by atoms with Crippen LogP contribution in [0.4, 0.5) is 0 Å². The summed E-state index contributed by atoms with van der Waals surface area (Å²) in [5.74, 6) is 0. The topological polar surface area (TPSA) is 6.48 Å². The average Bonchev–Trinajstić information content (AvgIpc) is 3.47. The molecule has 2 aliphatic heterocycles. The van der Waals surface area contributed by atoms with Crippen LogP contribution in [0, 0.1) is 12.2 Å². The van der Waals surface area contributed by atoms with Gasteiger partial charge in [0, 0.05) is 0 Å². The summed E-state index contributed by atoms with van der Waals surface area (Å²) in [6.45, 7) is 15.1. The summed E-state index contributed by atoms with van der Waals surface area (Å²) in [5, 5.41) is 3.05. The van der Waals surface area contributed by atoms with Gasteiger partial charge in [-0.15, -0.1) is 12.8 Å². The first kappa shape index (κ1) is 23.5. The summed E-state index contributed by atoms with van der Waals surface area (Å²) in [6, 6.07) is 0. The van der Waals surface area contributed by atoms with Gasteiger partial charge >= 0.3 is 26.2 Å². The molecule has 0 aromatic rings. The van der Waals surface area contributed by atoms with Crippen LogP contribution in [-0.2, 0) is 26.2 Å². The molecule has 2 heterocycles. The van der Waals surface area contributed by atoms with Gasteiger partial charge in [0.2, 0.25) is 0 Å². The smallest absolute Gasteiger partial charge is 0.322 e. The monoisotopic (exact) mass is 474 g/mol. The third kappa shape index (κ3) is 5.63. The molecule has 5 heteroatoms. The second-order valence-electron chi connectivity index (χ2n) is 8.90. The quantitative estimate of drug-likeness (QED) is 0.415. The molecule has 2 nitrogen and oxygen atoms in total. The first-order valence-electron chi connectivity index (χ1n) is 10.5. The molecule has 4 aliphatic rings. The van der Waals surface area contributed by atoms with E-state index in [1.807, 2.05) is 0 Å². The second-order valence-corrected chi connectivity index (χ2v) is 17.5. The minimum atomic E-state index is -1.29. The molecule has 27 heavy (non-hydrogen) atoms. The van der Waals surface area contributed by atoms with Crippen LogP contribution in [-0.4, -0.2) is 51.8 Å². The number of nitrogens with zero attached hydrogens (tertiary/aromatic N) is 2. The van der Waals surface area contributed by atoms with Gasteiger partial charge in [0.05, 0.1) is 0 Å². The number of hydrogen-bond acceptors (Lipinski definition) is 2. The normalized spacial score (nSPS) is 23.1. The van der Waals surface area contributed by atoms with Gasteiger partial charge in [-0.25, -0.2) is 22.5 Å². The summed E-state index contributed by atoms with van der Waals surface area (Å²) >= 11 is 0. The van der Waals surface area contributed by atoms with Gasteiger partial charge < -0.3 is 9.13 Å². The van der Waals surface area contributed by atoms with Crippen LogP contribution in [0.2, 0.25) is 26.2 Å². The Morgan fingerprint density at radius 1 is 0.667 bits per heavy atom. The van der Waals surface area contributed by atoms with Crippen LogP contribution in [0.15, 0.2) is 34.7 Å². The summed E-state index contributed by atoms with van der Waals surface area (Å²) in [4.78, 5) is 0. The van der Waals surface area contributed by atoms with Crippen LogP contribution in [0.1, 0.15) is 38.5 Å². The molecule has 146 valence electrons. The van der Waals surface area contributed by atoms with E-state index in [4.69, 9.17) is 0 Å². The summed E-state index contributed by atoms with van der Waals surface area (Å²) in [6.07, 6.45) is 23.7. The summed E-state index contributed by atoms with van der Waals surface area (Å²) in [5.41, 5.74) is 0. The molecule has 0 aromatic heterocycles. The van der Waals surface area contributed by atoms with E-state index in [1.165, 1.54) is 62.3 Å². The Bertz CT molecular complexity index is 554. The molecule has 0 amide bonds. The molecule has 2 aliphatic carbocycles. The molecular weight excluding hydrogens is 440 g/mol. The zero-order valence-corrected chi connectivity index (χ0v) is 22.2. The van der Waals surface area contributed by atoms with Crippen molar-refractivity contribution < 1.29 is 26.2 Å². The number of hydrogen-bond donors (Lipinski definition) is 0. The van der Waals surface area contributed by atoms with Crippen molar-refractivity contribution in [3.8, 4) is 0 Å². The van der Waals surface area contributed by atoms with Crippen molar-refractivity contribution in [3.63, 3.8) is 0 Å². The van der Waals surface area contributed by atoms with Crippen LogP contribution < -0.4 is 0 Å². The molecule has 0 radical (unpaired) electrons. The van der Waals surface area contributed by atoms with Crippen molar-refractivity contribution in [1.82, 2.24) is 9.13 Å². The van der Waals surface area contributed by atoms with E-state index in [0.29, 0.717) is 0 Å². The van der Waals surface area contributed by atoms with Gasteiger partial charge in [0.15, 0.2) is 0 Å². The minimum absolute atomic E-state index is 0. The first-order valence-corrected chi connectivity index (χ1v) is 16.4. The van der Waals surface area contributed by atoms with E-state index in [0.717, 1.165) is 12.8 Å². The molecule has 0 aromatic carbocycles. The summed E-state index contributed by atoms with van der Waals surface area (Å²) in [7, 11) is -2.57. The zero-order chi connectivity index (χ0) is 18.6. The van der Waals surface area contributed by atoms with Gasteiger partial charge in [0.1, 0.15) is 16.5 Å². The molecule has 0 atom stereocenters. The molecule has 0 spiro atoms. The first-order chi connectivity index (χ1) is 12.4. The van der Waals surface area contributed by atoms with Crippen molar-refractivity contribution in [2.24, 2.45) is 0 Å². The van der Waals surface area contributed by atoms with Crippen LogP contribution in [0.3, 0.4) is 0 Å². The second kappa shape index (κ2) is 10.3. The van der Waals surface area contributed by atoms with Gasteiger partial charge in [-0.2, -0.15) is 12.2 Å². The van der Waals surface area contributed by atoms with E-state index in [2.05, 4.69) is 71.8 Å². The minimum Gasteiger partial charge on any atom is -0.322 e. The third-order valence-electron chi connectivity index (χ3n) is 6.50. The maximum atomic E-state index is 3.50. The zero-order valence-electron chi connectivity index (χ0n) is 17.8. The Morgan fingerprint density at radius 3 is 1.26 bits per heavy atom. The Balaban J connectivity index is 0.000000187. The van der Waals surface area contributed by atoms with Gasteiger partial charge in [-0.1, -0.05) is 26.2 Å². The average molecular weight is 476 g/mol. The van der Waals surface area contributed by atoms with E-state index in [-0.39, 0.29) is 26.2 Å². The van der Waals surface area contributed by atoms with Gasteiger partial charge in [-0.3, -0.25) is 12.2 Å². The molecule has 0 N–H and O–H groups in total. The molecule has 2 saturated heterocycles. The molecule has 2 fully saturated rings. The maximum Gasteiger partial charge on any atom is 2.00 e. The molecule has 4 rings (SSSR count). The Morgan fingerprint density at radius 2 is 1.00 bits per heavy atom. The molecular formula is C22H36N2Si2Zr. The fourth-order valence-corrected chi connectivity index (χ4v) is 10.2. The van der Waals surface area contributed by atoms with Crippen molar-refractivity contribution in [2.45, 2.75) is 64.7 Å². The standard InChI is InChI=1S/2C11H18NSi.Zr/c2*1-13(2,11-7-3-4-8-11)12-9-5-6-10-12;/h2*3,7H,4-6,9-10H2,1-2H3;/q2*-1;+2. The summed E-state index contributed by atoms with van der Waals surface area (Å²) < 4.78 is 5.43. The van der Waals surface area contributed by atoms with E-state index >= 15 is 0 Å². The molecule has 0 saturated carbocycles. The van der Waals surface area contributed by atoms with E-state index in [9.17, 15) is 0 Å². The number of rotatable bonds is 4. The van der Waals surface area contributed by atoms with E-state index < -0.39 is 16.5 Å². The molecule has 0 bridgehead atoms. The Kier molecular flexibility index (Phi) is 8.95. The predicted molar refractivity (Wildman–Crippen MR) is 118 cm³/mol. The van der Waals surface area contributed by atoms with Crippen LogP contribution in [0.5, 0.6) is 0 Å². The third-order valence-corrected chi connectivity index (χ3v) is 13.9. The SMILES string of the molecule is C[Si](C)(C1=[C-]CC=C1)N1CCCC1.C[Si](C)(C1=[C-]CC=C1)N1CCCC1.[Zr+2]. The van der Waals surface area contributed by atoms with Gasteiger partial charge in [-0.05, 0) is 51.9 Å². The van der Waals surface area contributed by atoms with E-state index in [1.54, 1.807) is 0 Å². The Hall–Kier alpha value is 0.197. The Labute approximate surface area is 188 Å². The van der Waals surface area contributed by atoms with Crippen molar-refractivity contribution in [2.75, 3.05) is 26.2 Å². The predicted octanol–water partition coefficient (Wildman–Crippen LogP) is 5.03. The maximum absolute atomic E-state index is 3.50.